The van der Waals surface area contributed by atoms with E-state index in [1.165, 1.54) is 0 Å². The quantitative estimate of drug-likeness (QED) is 0.675. The van der Waals surface area contributed by atoms with Crippen molar-refractivity contribution >= 4 is 23.4 Å². The standard InChI is InChI=1S/C25H36N4O6/c1-17-6-7-20(26-24(30)28-8-2-4-18(15-28)22-32-10-11-33-22)14-21(17)27-25(31)29-9-3-5-19(16-29)23-34-12-13-35-23/h6-7,14,18-19,22-23H,2-5,8-13,15-16H2,1H3,(H,26,30)(H,27,31). The number of likely N-dealkylation sites (tertiary alicyclic amines) is 2. The predicted octanol–water partition coefficient (Wildman–Crippen LogP) is 3.23. The van der Waals surface area contributed by atoms with Crippen LogP contribution in [0.1, 0.15) is 31.2 Å². The first-order chi connectivity index (χ1) is 17.1. The highest BCUT2D eigenvalue weighted by atomic mass is 16.7. The van der Waals surface area contributed by atoms with Gasteiger partial charge in [-0.25, -0.2) is 9.59 Å². The summed E-state index contributed by atoms with van der Waals surface area (Å²) in [4.78, 5) is 29.6. The summed E-state index contributed by atoms with van der Waals surface area (Å²) in [5, 5.41) is 6.03. The topological polar surface area (TPSA) is 102 Å². The lowest BCUT2D eigenvalue weighted by atomic mass is 9.97. The number of rotatable bonds is 4. The molecule has 0 aromatic heterocycles. The zero-order chi connectivity index (χ0) is 24.2. The van der Waals surface area contributed by atoms with Gasteiger partial charge in [-0.1, -0.05) is 6.07 Å². The Balaban J connectivity index is 1.17. The molecule has 0 aliphatic carbocycles. The number of benzene rings is 1. The maximum Gasteiger partial charge on any atom is 0.321 e. The van der Waals surface area contributed by atoms with Crippen LogP contribution < -0.4 is 10.6 Å². The van der Waals surface area contributed by atoms with Crippen LogP contribution in [0, 0.1) is 18.8 Å². The van der Waals surface area contributed by atoms with E-state index in [9.17, 15) is 9.59 Å². The van der Waals surface area contributed by atoms with Gasteiger partial charge in [-0.2, -0.15) is 0 Å². The van der Waals surface area contributed by atoms with E-state index in [0.717, 1.165) is 31.2 Å². The van der Waals surface area contributed by atoms with Crippen LogP contribution in [0.2, 0.25) is 0 Å². The Bertz CT molecular complexity index is 902. The number of ether oxygens (including phenoxy) is 4. The summed E-state index contributed by atoms with van der Waals surface area (Å²) in [6.07, 6.45) is 3.39. The lowest BCUT2D eigenvalue weighted by Gasteiger charge is -2.35. The van der Waals surface area contributed by atoms with Gasteiger partial charge in [-0.15, -0.1) is 0 Å². The molecule has 35 heavy (non-hydrogen) atoms. The lowest BCUT2D eigenvalue weighted by molar-refractivity contribution is -0.0962. The zero-order valence-electron chi connectivity index (χ0n) is 20.4. The fourth-order valence-electron chi connectivity index (χ4n) is 5.36. The highest BCUT2D eigenvalue weighted by molar-refractivity contribution is 5.93. The summed E-state index contributed by atoms with van der Waals surface area (Å²) in [7, 11) is 0. The van der Waals surface area contributed by atoms with Crippen molar-refractivity contribution in [1.29, 1.82) is 0 Å². The Kier molecular flexibility index (Phi) is 7.72. The number of amides is 4. The molecule has 4 fully saturated rings. The van der Waals surface area contributed by atoms with Gasteiger partial charge in [0.2, 0.25) is 0 Å². The predicted molar refractivity (Wildman–Crippen MR) is 129 cm³/mol. The van der Waals surface area contributed by atoms with E-state index in [4.69, 9.17) is 18.9 Å². The maximum atomic E-state index is 13.0. The second-order valence-corrected chi connectivity index (χ2v) is 9.81. The molecule has 4 saturated heterocycles. The molecule has 4 heterocycles. The van der Waals surface area contributed by atoms with Crippen LogP contribution in [0.25, 0.3) is 0 Å². The normalized spacial score (nSPS) is 26.2. The first-order valence-electron chi connectivity index (χ1n) is 12.8. The number of piperidine rings is 2. The number of nitrogens with zero attached hydrogens (tertiary/aromatic N) is 2. The Morgan fingerprint density at radius 2 is 1.31 bits per heavy atom. The number of carbonyl (C=O) groups is 2. The molecule has 2 N–H and O–H groups in total. The van der Waals surface area contributed by atoms with E-state index in [0.29, 0.717) is 64.0 Å². The third kappa shape index (κ3) is 5.88. The van der Waals surface area contributed by atoms with Gasteiger partial charge in [-0.05, 0) is 50.3 Å². The molecule has 1 aromatic rings. The Morgan fingerprint density at radius 3 is 1.86 bits per heavy atom. The van der Waals surface area contributed by atoms with Crippen LogP contribution in [0.15, 0.2) is 18.2 Å². The summed E-state index contributed by atoms with van der Waals surface area (Å²) >= 11 is 0. The molecule has 10 nitrogen and oxygen atoms in total. The van der Waals surface area contributed by atoms with Gasteiger partial charge in [0.15, 0.2) is 12.6 Å². The molecule has 0 spiro atoms. The van der Waals surface area contributed by atoms with Crippen molar-refractivity contribution in [3.63, 3.8) is 0 Å². The van der Waals surface area contributed by atoms with Gasteiger partial charge in [-0.3, -0.25) is 0 Å². The number of carbonyl (C=O) groups excluding carboxylic acids is 2. The van der Waals surface area contributed by atoms with Crippen LogP contribution in [0.4, 0.5) is 21.0 Å². The Morgan fingerprint density at radius 1 is 0.800 bits per heavy atom. The van der Waals surface area contributed by atoms with Crippen LogP contribution in [-0.4, -0.2) is 87.0 Å². The average Bonchev–Trinajstić information content (AvgIpc) is 3.61. The third-order valence-electron chi connectivity index (χ3n) is 7.29. The van der Waals surface area contributed by atoms with E-state index in [2.05, 4.69) is 10.6 Å². The number of anilines is 2. The second kappa shape index (κ2) is 11.1. The summed E-state index contributed by atoms with van der Waals surface area (Å²) in [5.41, 5.74) is 2.27. The largest absolute Gasteiger partial charge is 0.350 e. The van der Waals surface area contributed by atoms with E-state index in [1.807, 2.05) is 34.9 Å². The molecule has 192 valence electrons. The van der Waals surface area contributed by atoms with E-state index in [1.54, 1.807) is 0 Å². The molecule has 5 rings (SSSR count). The van der Waals surface area contributed by atoms with Gasteiger partial charge in [0.1, 0.15) is 0 Å². The average molecular weight is 489 g/mol. The van der Waals surface area contributed by atoms with Crippen LogP contribution in [0.3, 0.4) is 0 Å². The van der Waals surface area contributed by atoms with Crippen LogP contribution in [-0.2, 0) is 18.9 Å². The van der Waals surface area contributed by atoms with Crippen molar-refractivity contribution < 1.29 is 28.5 Å². The molecule has 10 heteroatoms. The zero-order valence-corrected chi connectivity index (χ0v) is 20.4. The first kappa shape index (κ1) is 24.3. The minimum absolute atomic E-state index is 0.144. The molecular weight excluding hydrogens is 452 g/mol. The molecule has 2 unspecified atom stereocenters. The first-order valence-corrected chi connectivity index (χ1v) is 12.8. The monoisotopic (exact) mass is 488 g/mol. The summed E-state index contributed by atoms with van der Waals surface area (Å²) in [6.45, 7) is 7.03. The molecule has 0 saturated carbocycles. The fraction of sp³-hybridized carbons (Fsp3) is 0.680. The molecule has 4 amide bonds. The van der Waals surface area contributed by atoms with Gasteiger partial charge in [0, 0.05) is 49.4 Å². The minimum atomic E-state index is -0.216. The number of aryl methyl sites for hydroxylation is 1. The van der Waals surface area contributed by atoms with E-state index < -0.39 is 0 Å². The molecule has 4 aliphatic rings. The molecule has 2 atom stereocenters. The summed E-state index contributed by atoms with van der Waals surface area (Å²) in [6, 6.07) is 5.29. The highest BCUT2D eigenvalue weighted by Crippen LogP contribution is 2.28. The lowest BCUT2D eigenvalue weighted by Crippen LogP contribution is -2.45. The Hall–Kier alpha value is -2.40. The molecular formula is C25H36N4O6. The van der Waals surface area contributed by atoms with Crippen molar-refractivity contribution in [3.05, 3.63) is 23.8 Å². The van der Waals surface area contributed by atoms with E-state index >= 15 is 0 Å². The highest BCUT2D eigenvalue weighted by Gasteiger charge is 2.34. The summed E-state index contributed by atoms with van der Waals surface area (Å²) < 4.78 is 22.6. The van der Waals surface area contributed by atoms with Gasteiger partial charge >= 0.3 is 12.1 Å². The van der Waals surface area contributed by atoms with Gasteiger partial charge < -0.3 is 39.4 Å². The van der Waals surface area contributed by atoms with Crippen molar-refractivity contribution in [2.45, 2.75) is 45.2 Å². The molecule has 1 aromatic carbocycles. The van der Waals surface area contributed by atoms with Crippen LogP contribution >= 0.6 is 0 Å². The maximum absolute atomic E-state index is 13.0. The van der Waals surface area contributed by atoms with E-state index in [-0.39, 0.29) is 36.5 Å². The second-order valence-electron chi connectivity index (χ2n) is 9.81. The van der Waals surface area contributed by atoms with Crippen molar-refractivity contribution in [1.82, 2.24) is 9.80 Å². The minimum Gasteiger partial charge on any atom is -0.350 e. The SMILES string of the molecule is Cc1ccc(NC(=O)N2CCCC(C3OCCO3)C2)cc1NC(=O)N1CCCC(C2OCCO2)C1. The fourth-order valence-corrected chi connectivity index (χ4v) is 5.36. The number of urea groups is 2. The molecule has 0 bridgehead atoms. The van der Waals surface area contributed by atoms with Gasteiger partial charge in [0.25, 0.3) is 0 Å². The molecule has 4 aliphatic heterocycles. The smallest absolute Gasteiger partial charge is 0.321 e. The number of nitrogens with one attached hydrogen (secondary N) is 2. The van der Waals surface area contributed by atoms with Crippen LogP contribution in [0.5, 0.6) is 0 Å². The van der Waals surface area contributed by atoms with Crippen molar-refractivity contribution in [2.24, 2.45) is 11.8 Å². The number of hydrogen-bond acceptors (Lipinski definition) is 6. The molecule has 0 radical (unpaired) electrons. The van der Waals surface area contributed by atoms with Crippen molar-refractivity contribution in [2.75, 3.05) is 63.2 Å². The number of hydrogen-bond donors (Lipinski definition) is 2. The Labute approximate surface area is 206 Å². The van der Waals surface area contributed by atoms with Crippen molar-refractivity contribution in [3.8, 4) is 0 Å². The van der Waals surface area contributed by atoms with Gasteiger partial charge in [0.05, 0.1) is 26.4 Å². The summed E-state index contributed by atoms with van der Waals surface area (Å²) in [5.74, 6) is 0.385. The third-order valence-corrected chi connectivity index (χ3v) is 7.29.